The molecule has 1 aromatic carbocycles. The lowest BCUT2D eigenvalue weighted by Crippen LogP contribution is -2.45. The molecule has 1 aromatic rings. The van der Waals surface area contributed by atoms with Gasteiger partial charge in [-0.25, -0.2) is 22.0 Å². The molecule has 1 aliphatic rings. The summed E-state index contributed by atoms with van der Waals surface area (Å²) < 4.78 is 65.1. The normalized spacial score (nSPS) is 18.4. The summed E-state index contributed by atoms with van der Waals surface area (Å²) in [5.41, 5.74) is 3.26. The second kappa shape index (κ2) is 3.41. The first kappa shape index (κ1) is 11.3. The van der Waals surface area contributed by atoms with E-state index in [1.165, 1.54) is 0 Å². The largest absolute Gasteiger partial charge is 0.321 e. The maximum absolute atomic E-state index is 13.3. The molecule has 88 valence electrons. The molecule has 16 heavy (non-hydrogen) atoms. The van der Waals surface area contributed by atoms with Gasteiger partial charge in [-0.1, -0.05) is 0 Å². The Kier molecular flexibility index (Phi) is 2.41. The monoisotopic (exact) mass is 237 g/mol. The van der Waals surface area contributed by atoms with Gasteiger partial charge < -0.3 is 5.73 Å². The maximum Gasteiger partial charge on any atom is 0.200 e. The number of hydrogen-bond donors (Lipinski definition) is 1. The summed E-state index contributed by atoms with van der Waals surface area (Å²) >= 11 is 0. The van der Waals surface area contributed by atoms with Crippen LogP contribution in [0.5, 0.6) is 0 Å². The van der Waals surface area contributed by atoms with E-state index in [1.54, 1.807) is 0 Å². The molecule has 1 saturated carbocycles. The van der Waals surface area contributed by atoms with Crippen molar-refractivity contribution in [3.05, 3.63) is 34.6 Å². The summed E-state index contributed by atoms with van der Waals surface area (Å²) in [7, 11) is 0. The zero-order chi connectivity index (χ0) is 12.1. The Hall–Kier alpha value is -1.17. The summed E-state index contributed by atoms with van der Waals surface area (Å²) in [5, 5.41) is 0. The van der Waals surface area contributed by atoms with Gasteiger partial charge in [0.15, 0.2) is 23.3 Å². The first-order chi connectivity index (χ1) is 7.38. The van der Waals surface area contributed by atoms with Crippen molar-refractivity contribution < 1.29 is 22.0 Å². The molecule has 0 spiro atoms. The quantitative estimate of drug-likeness (QED) is 0.453. The van der Waals surface area contributed by atoms with Gasteiger partial charge in [0.05, 0.1) is 0 Å². The van der Waals surface area contributed by atoms with Gasteiger partial charge in [-0.05, 0) is 19.3 Å². The molecule has 6 heteroatoms. The molecule has 0 radical (unpaired) electrons. The van der Waals surface area contributed by atoms with Crippen LogP contribution in [0.15, 0.2) is 0 Å². The molecule has 0 bridgehead atoms. The first-order valence-electron chi connectivity index (χ1n) is 4.69. The van der Waals surface area contributed by atoms with Gasteiger partial charge in [0.25, 0.3) is 0 Å². The van der Waals surface area contributed by atoms with E-state index in [-0.39, 0.29) is 12.8 Å². The van der Waals surface area contributed by atoms with E-state index in [2.05, 4.69) is 0 Å². The molecule has 0 aliphatic heterocycles. The minimum atomic E-state index is -2.15. The molecular formula is C10H8F5N. The number of nitrogens with two attached hydrogens (primary N) is 1. The Morgan fingerprint density at radius 2 is 1.12 bits per heavy atom. The van der Waals surface area contributed by atoms with Crippen molar-refractivity contribution >= 4 is 0 Å². The molecule has 0 saturated heterocycles. The molecule has 0 aromatic heterocycles. The predicted octanol–water partition coefficient (Wildman–Crippen LogP) is 2.72. The van der Waals surface area contributed by atoms with E-state index in [0.29, 0.717) is 6.42 Å². The van der Waals surface area contributed by atoms with Crippen LogP contribution in [0.4, 0.5) is 22.0 Å². The van der Waals surface area contributed by atoms with Gasteiger partial charge in [-0.2, -0.15) is 0 Å². The number of halogens is 5. The van der Waals surface area contributed by atoms with Crippen LogP contribution in [-0.2, 0) is 5.54 Å². The highest BCUT2D eigenvalue weighted by atomic mass is 19.2. The zero-order valence-corrected chi connectivity index (χ0v) is 8.09. The summed E-state index contributed by atoms with van der Waals surface area (Å²) in [6.07, 6.45) is 1.03. The van der Waals surface area contributed by atoms with Crippen LogP contribution < -0.4 is 5.73 Å². The molecule has 2 N–H and O–H groups in total. The van der Waals surface area contributed by atoms with Crippen LogP contribution in [0.25, 0.3) is 0 Å². The van der Waals surface area contributed by atoms with E-state index >= 15 is 0 Å². The Labute approximate surface area is 88.1 Å². The van der Waals surface area contributed by atoms with E-state index < -0.39 is 40.2 Å². The number of rotatable bonds is 1. The molecule has 2 rings (SSSR count). The second-order valence-electron chi connectivity index (χ2n) is 3.95. The van der Waals surface area contributed by atoms with Crippen molar-refractivity contribution in [2.24, 2.45) is 5.73 Å². The summed E-state index contributed by atoms with van der Waals surface area (Å²) in [5.74, 6) is -9.67. The lowest BCUT2D eigenvalue weighted by molar-refractivity contribution is 0.225. The maximum atomic E-state index is 13.3. The third-order valence-electron chi connectivity index (χ3n) is 2.95. The topological polar surface area (TPSA) is 26.0 Å². The molecule has 1 aliphatic carbocycles. The van der Waals surface area contributed by atoms with Crippen LogP contribution in [0.3, 0.4) is 0 Å². The highest BCUT2D eigenvalue weighted by Crippen LogP contribution is 2.42. The minimum Gasteiger partial charge on any atom is -0.321 e. The Bertz CT molecular complexity index is 424. The third kappa shape index (κ3) is 1.32. The fourth-order valence-electron chi connectivity index (χ4n) is 1.85. The standard InChI is InChI=1S/C10H8F5N/c11-5-4(10(16)2-1-3-10)6(12)8(14)9(15)7(5)13/h1-3,16H2. The van der Waals surface area contributed by atoms with Crippen molar-refractivity contribution in [2.45, 2.75) is 24.8 Å². The molecule has 0 heterocycles. The van der Waals surface area contributed by atoms with Crippen LogP contribution in [0.1, 0.15) is 24.8 Å². The van der Waals surface area contributed by atoms with Crippen molar-refractivity contribution in [1.29, 1.82) is 0 Å². The average Bonchev–Trinajstić information content (AvgIpc) is 2.21. The third-order valence-corrected chi connectivity index (χ3v) is 2.95. The van der Waals surface area contributed by atoms with Gasteiger partial charge in [0.2, 0.25) is 5.82 Å². The highest BCUT2D eigenvalue weighted by molar-refractivity contribution is 5.32. The molecule has 0 atom stereocenters. The van der Waals surface area contributed by atoms with Gasteiger partial charge in [0, 0.05) is 11.1 Å². The van der Waals surface area contributed by atoms with Gasteiger partial charge in [-0.15, -0.1) is 0 Å². The minimum absolute atomic E-state index is 0.214. The van der Waals surface area contributed by atoms with Gasteiger partial charge in [0.1, 0.15) is 0 Å². The average molecular weight is 237 g/mol. The Morgan fingerprint density at radius 3 is 1.44 bits per heavy atom. The smallest absolute Gasteiger partial charge is 0.200 e. The van der Waals surface area contributed by atoms with E-state index in [1.807, 2.05) is 0 Å². The number of hydrogen-bond acceptors (Lipinski definition) is 1. The Balaban J connectivity index is 2.70. The zero-order valence-electron chi connectivity index (χ0n) is 8.09. The van der Waals surface area contributed by atoms with Crippen LogP contribution >= 0.6 is 0 Å². The fraction of sp³-hybridized carbons (Fsp3) is 0.400. The predicted molar refractivity (Wildman–Crippen MR) is 45.9 cm³/mol. The Morgan fingerprint density at radius 1 is 0.750 bits per heavy atom. The van der Waals surface area contributed by atoms with Crippen LogP contribution in [0.2, 0.25) is 0 Å². The van der Waals surface area contributed by atoms with Crippen molar-refractivity contribution in [2.75, 3.05) is 0 Å². The van der Waals surface area contributed by atoms with Crippen molar-refractivity contribution in [1.82, 2.24) is 0 Å². The molecular weight excluding hydrogens is 229 g/mol. The highest BCUT2D eigenvalue weighted by Gasteiger charge is 2.42. The van der Waals surface area contributed by atoms with Gasteiger partial charge >= 0.3 is 0 Å². The van der Waals surface area contributed by atoms with E-state index in [4.69, 9.17) is 5.73 Å². The number of benzene rings is 1. The second-order valence-corrected chi connectivity index (χ2v) is 3.95. The van der Waals surface area contributed by atoms with Crippen molar-refractivity contribution in [3.8, 4) is 0 Å². The lowest BCUT2D eigenvalue weighted by atomic mass is 9.72. The molecule has 0 amide bonds. The summed E-state index contributed by atoms with van der Waals surface area (Å²) in [6, 6.07) is 0. The van der Waals surface area contributed by atoms with E-state index in [9.17, 15) is 22.0 Å². The fourth-order valence-corrected chi connectivity index (χ4v) is 1.85. The van der Waals surface area contributed by atoms with Crippen LogP contribution in [0, 0.1) is 29.1 Å². The van der Waals surface area contributed by atoms with E-state index in [0.717, 1.165) is 0 Å². The first-order valence-corrected chi connectivity index (χ1v) is 4.69. The summed E-state index contributed by atoms with van der Waals surface area (Å²) in [6.45, 7) is 0. The lowest BCUT2D eigenvalue weighted by Gasteiger charge is -2.38. The SMILES string of the molecule is NC1(c2c(F)c(F)c(F)c(F)c2F)CCC1. The van der Waals surface area contributed by atoms with Crippen LogP contribution in [-0.4, -0.2) is 0 Å². The van der Waals surface area contributed by atoms with Gasteiger partial charge in [-0.3, -0.25) is 0 Å². The van der Waals surface area contributed by atoms with Crippen molar-refractivity contribution in [3.63, 3.8) is 0 Å². The molecule has 1 nitrogen and oxygen atoms in total. The summed E-state index contributed by atoms with van der Waals surface area (Å²) in [4.78, 5) is 0. The molecule has 0 unspecified atom stereocenters. The molecule has 1 fully saturated rings.